The van der Waals surface area contributed by atoms with Crippen molar-refractivity contribution in [3.05, 3.63) is 33.8 Å². The van der Waals surface area contributed by atoms with Gasteiger partial charge in [-0.2, -0.15) is 0 Å². The van der Waals surface area contributed by atoms with E-state index in [0.717, 1.165) is 0 Å². The highest BCUT2D eigenvalue weighted by atomic mass is 35.5. The number of hydrogen-bond acceptors (Lipinski definition) is 4. The van der Waals surface area contributed by atoms with Crippen LogP contribution >= 0.6 is 23.2 Å². The number of carbonyl (C=O) groups is 2. The number of hydrogen-bond donors (Lipinski definition) is 2. The molecule has 0 aliphatic carbocycles. The number of ether oxygens (including phenoxy) is 1. The first-order chi connectivity index (χ1) is 10.8. The van der Waals surface area contributed by atoms with E-state index in [1.165, 1.54) is 7.11 Å². The van der Waals surface area contributed by atoms with E-state index in [4.69, 9.17) is 27.9 Å². The molecule has 1 aromatic carbocycles. The van der Waals surface area contributed by atoms with Gasteiger partial charge in [0.05, 0.1) is 7.11 Å². The van der Waals surface area contributed by atoms with Crippen LogP contribution in [0.2, 0.25) is 10.0 Å². The standard InChI is InChI=1S/C16H21Cl2NO4/c1-9(2)7-14(20)15(21)19-13(16(22)23-3)8-10-11(17)5-4-6-12(10)18/h4-6,9,13-14,20H,7-8H2,1-3H3,(H,19,21)/t13-,14-/m1/s1. The smallest absolute Gasteiger partial charge is 0.328 e. The zero-order valence-corrected chi connectivity index (χ0v) is 14.8. The monoisotopic (exact) mass is 361 g/mol. The second-order valence-corrected chi connectivity index (χ2v) is 6.45. The molecule has 0 heterocycles. The molecule has 0 aliphatic rings. The first kappa shape index (κ1) is 19.7. The third-order valence-electron chi connectivity index (χ3n) is 3.27. The number of carbonyl (C=O) groups excluding carboxylic acids is 2. The quantitative estimate of drug-likeness (QED) is 0.731. The van der Waals surface area contributed by atoms with Gasteiger partial charge in [0, 0.05) is 16.5 Å². The second-order valence-electron chi connectivity index (χ2n) is 5.63. The molecule has 7 heteroatoms. The van der Waals surface area contributed by atoms with Crippen LogP contribution in [0.1, 0.15) is 25.8 Å². The van der Waals surface area contributed by atoms with Gasteiger partial charge in [-0.15, -0.1) is 0 Å². The minimum atomic E-state index is -1.19. The van der Waals surface area contributed by atoms with Crippen LogP contribution in [0.5, 0.6) is 0 Å². The van der Waals surface area contributed by atoms with Gasteiger partial charge < -0.3 is 15.2 Å². The van der Waals surface area contributed by atoms with Crippen LogP contribution in [0, 0.1) is 5.92 Å². The van der Waals surface area contributed by atoms with Crippen molar-refractivity contribution >= 4 is 35.1 Å². The average Bonchev–Trinajstić information content (AvgIpc) is 2.48. The molecule has 0 aliphatic heterocycles. The van der Waals surface area contributed by atoms with Gasteiger partial charge in [-0.1, -0.05) is 43.1 Å². The highest BCUT2D eigenvalue weighted by Crippen LogP contribution is 2.25. The van der Waals surface area contributed by atoms with Crippen LogP contribution in [0.3, 0.4) is 0 Å². The van der Waals surface area contributed by atoms with E-state index in [9.17, 15) is 14.7 Å². The molecule has 0 fully saturated rings. The molecule has 23 heavy (non-hydrogen) atoms. The number of nitrogens with one attached hydrogen (secondary N) is 1. The van der Waals surface area contributed by atoms with Gasteiger partial charge in [0.25, 0.3) is 0 Å². The van der Waals surface area contributed by atoms with Crippen molar-refractivity contribution in [3.63, 3.8) is 0 Å². The lowest BCUT2D eigenvalue weighted by Gasteiger charge is -2.20. The molecular formula is C16H21Cl2NO4. The Morgan fingerprint density at radius 3 is 2.30 bits per heavy atom. The Hall–Kier alpha value is -1.30. The number of aliphatic hydroxyl groups is 1. The summed E-state index contributed by atoms with van der Waals surface area (Å²) in [5.74, 6) is -1.12. The Bertz CT molecular complexity index is 543. The third-order valence-corrected chi connectivity index (χ3v) is 3.98. The lowest BCUT2D eigenvalue weighted by atomic mass is 10.0. The van der Waals surface area contributed by atoms with Crippen LogP contribution in [0.4, 0.5) is 0 Å². The molecule has 5 nitrogen and oxygen atoms in total. The maximum atomic E-state index is 12.0. The number of halogens is 2. The third kappa shape index (κ3) is 6.01. The summed E-state index contributed by atoms with van der Waals surface area (Å²) in [6.45, 7) is 3.77. The van der Waals surface area contributed by atoms with E-state index in [1.54, 1.807) is 18.2 Å². The lowest BCUT2D eigenvalue weighted by Crippen LogP contribution is -2.47. The molecule has 128 valence electrons. The van der Waals surface area contributed by atoms with Crippen LogP contribution in [0.15, 0.2) is 18.2 Å². The summed E-state index contributed by atoms with van der Waals surface area (Å²) in [7, 11) is 1.22. The molecule has 1 aromatic rings. The van der Waals surface area contributed by atoms with E-state index in [-0.39, 0.29) is 12.3 Å². The first-order valence-electron chi connectivity index (χ1n) is 7.25. The summed E-state index contributed by atoms with van der Waals surface area (Å²) in [4.78, 5) is 23.9. The molecule has 0 unspecified atom stereocenters. The predicted octanol–water partition coefficient (Wildman–Crippen LogP) is 2.60. The van der Waals surface area contributed by atoms with E-state index in [2.05, 4.69) is 5.32 Å². The zero-order valence-electron chi connectivity index (χ0n) is 13.3. The second kappa shape index (κ2) is 9.11. The highest BCUT2D eigenvalue weighted by Gasteiger charge is 2.27. The molecular weight excluding hydrogens is 341 g/mol. The van der Waals surface area contributed by atoms with Gasteiger partial charge in [0.2, 0.25) is 5.91 Å². The van der Waals surface area contributed by atoms with Crippen molar-refractivity contribution < 1.29 is 19.4 Å². The fourth-order valence-corrected chi connectivity index (χ4v) is 2.64. The Kier molecular flexibility index (Phi) is 7.82. The zero-order chi connectivity index (χ0) is 17.6. The van der Waals surface area contributed by atoms with Crippen molar-refractivity contribution in [1.82, 2.24) is 5.32 Å². The highest BCUT2D eigenvalue weighted by molar-refractivity contribution is 6.36. The number of rotatable bonds is 7. The Morgan fingerprint density at radius 1 is 1.26 bits per heavy atom. The summed E-state index contributed by atoms with van der Waals surface area (Å²) in [6, 6.07) is 4.00. The fourth-order valence-electron chi connectivity index (χ4n) is 2.09. The van der Waals surface area contributed by atoms with Gasteiger partial charge in [-0.05, 0) is 30.0 Å². The van der Waals surface area contributed by atoms with Crippen molar-refractivity contribution in [3.8, 4) is 0 Å². The average molecular weight is 362 g/mol. The van der Waals surface area contributed by atoms with Crippen molar-refractivity contribution in [1.29, 1.82) is 0 Å². The summed E-state index contributed by atoms with van der Waals surface area (Å²) in [5.41, 5.74) is 0.532. The molecule has 0 saturated heterocycles. The Balaban J connectivity index is 2.89. The predicted molar refractivity (Wildman–Crippen MR) is 89.6 cm³/mol. The van der Waals surface area contributed by atoms with E-state index in [1.807, 2.05) is 13.8 Å². The largest absolute Gasteiger partial charge is 0.467 e. The number of amides is 1. The molecule has 0 aromatic heterocycles. The van der Waals surface area contributed by atoms with Gasteiger partial charge in [0.1, 0.15) is 12.1 Å². The van der Waals surface area contributed by atoms with Crippen LogP contribution in [0.25, 0.3) is 0 Å². The number of methoxy groups -OCH3 is 1. The van der Waals surface area contributed by atoms with Crippen LogP contribution < -0.4 is 5.32 Å². The van der Waals surface area contributed by atoms with E-state index >= 15 is 0 Å². The Labute approximate surface area is 145 Å². The maximum Gasteiger partial charge on any atom is 0.328 e. The molecule has 1 amide bonds. The van der Waals surface area contributed by atoms with E-state index in [0.29, 0.717) is 22.0 Å². The number of benzene rings is 1. The van der Waals surface area contributed by atoms with Crippen molar-refractivity contribution in [2.75, 3.05) is 7.11 Å². The normalized spacial score (nSPS) is 13.5. The van der Waals surface area contributed by atoms with Crippen LogP contribution in [-0.2, 0) is 20.7 Å². The number of aliphatic hydroxyl groups excluding tert-OH is 1. The topological polar surface area (TPSA) is 75.6 Å². The van der Waals surface area contributed by atoms with Gasteiger partial charge in [-0.25, -0.2) is 4.79 Å². The van der Waals surface area contributed by atoms with E-state index < -0.39 is 24.0 Å². The minimum Gasteiger partial charge on any atom is -0.467 e. The summed E-state index contributed by atoms with van der Waals surface area (Å²) in [6.07, 6.45) is -0.818. The van der Waals surface area contributed by atoms with Crippen molar-refractivity contribution in [2.24, 2.45) is 5.92 Å². The van der Waals surface area contributed by atoms with Gasteiger partial charge in [0.15, 0.2) is 0 Å². The van der Waals surface area contributed by atoms with Gasteiger partial charge >= 0.3 is 5.97 Å². The molecule has 1 rings (SSSR count). The molecule has 0 saturated carbocycles. The first-order valence-corrected chi connectivity index (χ1v) is 8.01. The Morgan fingerprint density at radius 2 is 1.83 bits per heavy atom. The fraction of sp³-hybridized carbons (Fsp3) is 0.500. The molecule has 0 bridgehead atoms. The maximum absolute atomic E-state index is 12.0. The molecule has 0 spiro atoms. The van der Waals surface area contributed by atoms with Crippen LogP contribution in [-0.4, -0.2) is 36.2 Å². The number of esters is 1. The molecule has 0 radical (unpaired) electrons. The molecule has 2 atom stereocenters. The van der Waals surface area contributed by atoms with Gasteiger partial charge in [-0.3, -0.25) is 4.79 Å². The summed E-state index contributed by atoms with van der Waals surface area (Å²) >= 11 is 12.2. The lowest BCUT2D eigenvalue weighted by molar-refractivity contribution is -0.146. The summed E-state index contributed by atoms with van der Waals surface area (Å²) in [5, 5.41) is 13.1. The minimum absolute atomic E-state index is 0.0747. The van der Waals surface area contributed by atoms with Crippen molar-refractivity contribution in [2.45, 2.75) is 38.8 Å². The molecule has 2 N–H and O–H groups in total. The summed E-state index contributed by atoms with van der Waals surface area (Å²) < 4.78 is 4.70. The SMILES string of the molecule is COC(=O)[C@@H](Cc1c(Cl)cccc1Cl)NC(=O)[C@H](O)CC(C)C.